The minimum Gasteiger partial charge on any atom is -0.493 e. The molecule has 0 fully saturated rings. The maximum atomic E-state index is 5.67. The van der Waals surface area contributed by atoms with Gasteiger partial charge in [0.15, 0.2) is 11.5 Å². The zero-order valence-corrected chi connectivity index (χ0v) is 10.7. The molecule has 0 atom stereocenters. The van der Waals surface area contributed by atoms with Crippen molar-refractivity contribution in [3.63, 3.8) is 0 Å². The van der Waals surface area contributed by atoms with Gasteiger partial charge in [-0.15, -0.1) is 0 Å². The van der Waals surface area contributed by atoms with Gasteiger partial charge in [0, 0.05) is 17.5 Å². The molecule has 2 N–H and O–H groups in total. The number of benzene rings is 1. The van der Waals surface area contributed by atoms with Gasteiger partial charge in [0.1, 0.15) is 5.52 Å². The van der Waals surface area contributed by atoms with Gasteiger partial charge < -0.3 is 19.9 Å². The van der Waals surface area contributed by atoms with Gasteiger partial charge in [-0.1, -0.05) is 0 Å². The second-order valence-electron chi connectivity index (χ2n) is 3.73. The van der Waals surface area contributed by atoms with Crippen molar-refractivity contribution in [3.8, 4) is 17.4 Å². The quantitative estimate of drug-likeness (QED) is 0.892. The van der Waals surface area contributed by atoms with Gasteiger partial charge in [0.2, 0.25) is 5.88 Å². The Bertz CT molecular complexity index is 568. The van der Waals surface area contributed by atoms with Crippen LogP contribution in [0.4, 0.5) is 0 Å². The monoisotopic (exact) mass is 248 g/mol. The molecule has 0 aliphatic rings. The number of hydrogen-bond donors (Lipinski definition) is 1. The molecule has 0 spiro atoms. The highest BCUT2D eigenvalue weighted by Crippen LogP contribution is 2.36. The lowest BCUT2D eigenvalue weighted by Crippen LogP contribution is -2.03. The lowest BCUT2D eigenvalue weighted by Gasteiger charge is -2.12. The minimum atomic E-state index is 0.375. The number of fused-ring (bicyclic) bond motifs is 1. The number of ether oxygens (including phenoxy) is 3. The van der Waals surface area contributed by atoms with Crippen molar-refractivity contribution in [2.24, 2.45) is 5.73 Å². The number of methoxy groups -OCH3 is 3. The van der Waals surface area contributed by atoms with Crippen LogP contribution in [0.5, 0.6) is 17.4 Å². The Hall–Kier alpha value is -2.01. The zero-order chi connectivity index (χ0) is 13.1. The molecule has 0 bridgehead atoms. The third-order valence-corrected chi connectivity index (χ3v) is 2.78. The Morgan fingerprint density at radius 1 is 1.11 bits per heavy atom. The lowest BCUT2D eigenvalue weighted by molar-refractivity contribution is 0.357. The largest absolute Gasteiger partial charge is 0.493 e. The van der Waals surface area contributed by atoms with Gasteiger partial charge in [-0.3, -0.25) is 0 Å². The molecule has 0 saturated carbocycles. The number of hydrogen-bond acceptors (Lipinski definition) is 5. The summed E-state index contributed by atoms with van der Waals surface area (Å²) in [5, 5.41) is 0.939. The summed E-state index contributed by atoms with van der Waals surface area (Å²) in [4.78, 5) is 4.44. The fourth-order valence-electron chi connectivity index (χ4n) is 1.90. The Morgan fingerprint density at radius 3 is 2.44 bits per heavy atom. The third kappa shape index (κ3) is 1.93. The van der Waals surface area contributed by atoms with Crippen molar-refractivity contribution in [3.05, 3.63) is 23.8 Å². The van der Waals surface area contributed by atoms with Gasteiger partial charge in [-0.05, 0) is 18.2 Å². The normalized spacial score (nSPS) is 10.4. The van der Waals surface area contributed by atoms with E-state index in [-0.39, 0.29) is 0 Å². The van der Waals surface area contributed by atoms with Crippen molar-refractivity contribution >= 4 is 10.9 Å². The van der Waals surface area contributed by atoms with Crippen LogP contribution in [-0.4, -0.2) is 26.3 Å². The molecule has 0 unspecified atom stereocenters. The number of rotatable bonds is 4. The Labute approximate surface area is 105 Å². The van der Waals surface area contributed by atoms with Crippen LogP contribution < -0.4 is 19.9 Å². The third-order valence-electron chi connectivity index (χ3n) is 2.78. The predicted molar refractivity (Wildman–Crippen MR) is 69.3 cm³/mol. The molecule has 1 aromatic heterocycles. The van der Waals surface area contributed by atoms with Crippen molar-refractivity contribution in [1.29, 1.82) is 0 Å². The molecule has 2 rings (SSSR count). The average Bonchev–Trinajstić information content (AvgIpc) is 2.44. The highest BCUT2D eigenvalue weighted by atomic mass is 16.5. The van der Waals surface area contributed by atoms with Crippen LogP contribution in [0, 0.1) is 0 Å². The standard InChI is InChI=1S/C13H16N2O3/c1-16-10-5-4-8-6-9(7-14)13(18-3)15-11(8)12(10)17-2/h4-6H,7,14H2,1-3H3. The first-order valence-electron chi connectivity index (χ1n) is 5.53. The number of aromatic nitrogens is 1. The number of pyridine rings is 1. The van der Waals surface area contributed by atoms with Gasteiger partial charge in [-0.2, -0.15) is 0 Å². The van der Waals surface area contributed by atoms with Crippen LogP contribution in [0.1, 0.15) is 5.56 Å². The summed E-state index contributed by atoms with van der Waals surface area (Å²) in [7, 11) is 4.75. The molecule has 0 radical (unpaired) electrons. The van der Waals surface area contributed by atoms with Crippen LogP contribution in [0.2, 0.25) is 0 Å². The zero-order valence-electron chi connectivity index (χ0n) is 10.7. The van der Waals surface area contributed by atoms with Crippen LogP contribution in [-0.2, 0) is 6.54 Å². The first-order valence-corrected chi connectivity index (χ1v) is 5.53. The SMILES string of the molecule is COc1ccc2cc(CN)c(OC)nc2c1OC. The first-order chi connectivity index (χ1) is 8.74. The van der Waals surface area contributed by atoms with Gasteiger partial charge in [0.05, 0.1) is 21.3 Å². The van der Waals surface area contributed by atoms with Gasteiger partial charge >= 0.3 is 0 Å². The molecule has 0 aliphatic heterocycles. The molecular weight excluding hydrogens is 232 g/mol. The van der Waals surface area contributed by atoms with Crippen molar-refractivity contribution in [2.75, 3.05) is 21.3 Å². The molecule has 5 nitrogen and oxygen atoms in total. The van der Waals surface area contributed by atoms with E-state index in [1.54, 1.807) is 21.3 Å². The number of nitrogens with zero attached hydrogens (tertiary/aromatic N) is 1. The van der Waals surface area contributed by atoms with Crippen molar-refractivity contribution in [1.82, 2.24) is 4.98 Å². The summed E-state index contributed by atoms with van der Waals surface area (Å²) < 4.78 is 15.8. The van der Waals surface area contributed by atoms with Crippen LogP contribution in [0.25, 0.3) is 10.9 Å². The second kappa shape index (κ2) is 5.10. The van der Waals surface area contributed by atoms with Crippen molar-refractivity contribution in [2.45, 2.75) is 6.54 Å². The van der Waals surface area contributed by atoms with E-state index in [0.29, 0.717) is 29.4 Å². The van der Waals surface area contributed by atoms with Crippen LogP contribution in [0.15, 0.2) is 18.2 Å². The summed E-state index contributed by atoms with van der Waals surface area (Å²) >= 11 is 0. The minimum absolute atomic E-state index is 0.375. The number of nitrogens with two attached hydrogens (primary N) is 1. The van der Waals surface area contributed by atoms with E-state index in [0.717, 1.165) is 10.9 Å². The average molecular weight is 248 g/mol. The fourth-order valence-corrected chi connectivity index (χ4v) is 1.90. The highest BCUT2D eigenvalue weighted by Gasteiger charge is 2.13. The van der Waals surface area contributed by atoms with E-state index < -0.39 is 0 Å². The molecule has 18 heavy (non-hydrogen) atoms. The summed E-state index contributed by atoms with van der Waals surface area (Å²) in [5.74, 6) is 1.74. The van der Waals surface area contributed by atoms with E-state index in [4.69, 9.17) is 19.9 Å². The summed E-state index contributed by atoms with van der Waals surface area (Å²) in [6.07, 6.45) is 0. The maximum Gasteiger partial charge on any atom is 0.218 e. The lowest BCUT2D eigenvalue weighted by atomic mass is 10.1. The van der Waals surface area contributed by atoms with E-state index in [9.17, 15) is 0 Å². The van der Waals surface area contributed by atoms with Crippen LogP contribution in [0.3, 0.4) is 0 Å². The fraction of sp³-hybridized carbons (Fsp3) is 0.308. The summed E-state index contributed by atoms with van der Waals surface area (Å²) in [5.41, 5.74) is 7.23. The molecule has 0 aliphatic carbocycles. The molecular formula is C13H16N2O3. The summed E-state index contributed by atoms with van der Waals surface area (Å²) in [6.45, 7) is 0.375. The Morgan fingerprint density at radius 2 is 1.89 bits per heavy atom. The smallest absolute Gasteiger partial charge is 0.218 e. The van der Waals surface area contributed by atoms with Gasteiger partial charge in [-0.25, -0.2) is 4.98 Å². The highest BCUT2D eigenvalue weighted by molar-refractivity contribution is 5.88. The predicted octanol–water partition coefficient (Wildman–Crippen LogP) is 1.72. The summed E-state index contributed by atoms with van der Waals surface area (Å²) in [6, 6.07) is 5.71. The van der Waals surface area contributed by atoms with E-state index >= 15 is 0 Å². The van der Waals surface area contributed by atoms with E-state index in [1.807, 2.05) is 18.2 Å². The van der Waals surface area contributed by atoms with Crippen LogP contribution >= 0.6 is 0 Å². The second-order valence-corrected chi connectivity index (χ2v) is 3.73. The maximum absolute atomic E-state index is 5.67. The molecule has 96 valence electrons. The molecule has 0 saturated heterocycles. The molecule has 1 aromatic carbocycles. The molecule has 1 heterocycles. The molecule has 0 amide bonds. The van der Waals surface area contributed by atoms with E-state index in [1.165, 1.54) is 0 Å². The van der Waals surface area contributed by atoms with E-state index in [2.05, 4.69) is 4.98 Å². The Balaban J connectivity index is 2.76. The van der Waals surface area contributed by atoms with Crippen molar-refractivity contribution < 1.29 is 14.2 Å². The topological polar surface area (TPSA) is 66.6 Å². The Kier molecular flexibility index (Phi) is 3.53. The molecule has 2 aromatic rings. The van der Waals surface area contributed by atoms with Gasteiger partial charge in [0.25, 0.3) is 0 Å². The first kappa shape index (κ1) is 12.4. The molecule has 5 heteroatoms.